The summed E-state index contributed by atoms with van der Waals surface area (Å²) in [5.41, 5.74) is 0.215. The van der Waals surface area contributed by atoms with Crippen LogP contribution in [-0.2, 0) is 16.0 Å². The third-order valence-electron chi connectivity index (χ3n) is 2.85. The largest absolute Gasteiger partial charge is 0.481 e. The number of ether oxygens (including phenoxy) is 1. The van der Waals surface area contributed by atoms with Crippen LogP contribution < -0.4 is 5.32 Å². The smallest absolute Gasteiger partial charge is 0.407 e. The number of nitrogens with one attached hydrogen (secondary N) is 1. The molecule has 0 fully saturated rings. The van der Waals surface area contributed by atoms with Gasteiger partial charge in [0.2, 0.25) is 0 Å². The summed E-state index contributed by atoms with van der Waals surface area (Å²) in [7, 11) is 0. The van der Waals surface area contributed by atoms with Crippen molar-refractivity contribution in [2.75, 3.05) is 0 Å². The van der Waals surface area contributed by atoms with E-state index >= 15 is 0 Å². The monoisotopic (exact) mass is 309 g/mol. The normalized spacial score (nSPS) is 14.0. The Kier molecular flexibility index (Phi) is 6.37. The number of alkyl carbamates (subject to hydrolysis) is 1. The number of hydrogen-bond donors (Lipinski definition) is 3. The molecule has 0 unspecified atom stereocenters. The Morgan fingerprint density at radius 1 is 1.23 bits per heavy atom. The van der Waals surface area contributed by atoms with Gasteiger partial charge in [-0.2, -0.15) is 0 Å². The van der Waals surface area contributed by atoms with E-state index in [1.165, 1.54) is 0 Å². The van der Waals surface area contributed by atoms with Gasteiger partial charge in [0, 0.05) is 0 Å². The minimum atomic E-state index is -1.20. The molecular weight excluding hydrogens is 286 g/mol. The van der Waals surface area contributed by atoms with E-state index in [-0.39, 0.29) is 0 Å². The predicted molar refractivity (Wildman–Crippen MR) is 81.6 cm³/mol. The topological polar surface area (TPSA) is 95.9 Å². The molecule has 122 valence electrons. The van der Waals surface area contributed by atoms with Crippen molar-refractivity contribution in [2.24, 2.45) is 0 Å². The van der Waals surface area contributed by atoms with Crippen LogP contribution in [0.4, 0.5) is 4.79 Å². The number of benzene rings is 1. The first-order chi connectivity index (χ1) is 10.2. The molecule has 2 atom stereocenters. The first-order valence-corrected chi connectivity index (χ1v) is 7.10. The highest BCUT2D eigenvalue weighted by atomic mass is 16.6. The summed E-state index contributed by atoms with van der Waals surface area (Å²) in [5.74, 6) is -1.13. The maximum Gasteiger partial charge on any atom is 0.407 e. The Morgan fingerprint density at radius 3 is 2.32 bits per heavy atom. The molecule has 0 saturated carbocycles. The molecule has 0 aliphatic heterocycles. The van der Waals surface area contributed by atoms with Crippen LogP contribution in [0.1, 0.15) is 32.8 Å². The van der Waals surface area contributed by atoms with Crippen molar-refractivity contribution in [3.8, 4) is 0 Å². The van der Waals surface area contributed by atoms with E-state index in [1.807, 2.05) is 30.3 Å². The number of hydrogen-bond acceptors (Lipinski definition) is 4. The Hall–Kier alpha value is -2.08. The Bertz CT molecular complexity index is 495. The summed E-state index contributed by atoms with van der Waals surface area (Å²) in [4.78, 5) is 22.6. The fourth-order valence-electron chi connectivity index (χ4n) is 1.93. The second kappa shape index (κ2) is 7.79. The summed E-state index contributed by atoms with van der Waals surface area (Å²) in [6.45, 7) is 5.19. The van der Waals surface area contributed by atoms with Gasteiger partial charge in [-0.15, -0.1) is 0 Å². The number of rotatable bonds is 6. The van der Waals surface area contributed by atoms with Crippen LogP contribution in [0.3, 0.4) is 0 Å². The van der Waals surface area contributed by atoms with Crippen LogP contribution >= 0.6 is 0 Å². The zero-order valence-corrected chi connectivity index (χ0v) is 13.1. The van der Waals surface area contributed by atoms with Crippen molar-refractivity contribution >= 4 is 12.1 Å². The molecule has 1 amide bonds. The minimum Gasteiger partial charge on any atom is -0.481 e. The van der Waals surface area contributed by atoms with Gasteiger partial charge < -0.3 is 20.3 Å². The lowest BCUT2D eigenvalue weighted by Gasteiger charge is -2.26. The average molecular weight is 309 g/mol. The third-order valence-corrected chi connectivity index (χ3v) is 2.85. The second-order valence-electron chi connectivity index (χ2n) is 6.11. The molecule has 6 heteroatoms. The van der Waals surface area contributed by atoms with Crippen molar-refractivity contribution < 1.29 is 24.5 Å². The van der Waals surface area contributed by atoms with E-state index in [9.17, 15) is 14.7 Å². The molecule has 0 aliphatic carbocycles. The number of carboxylic acid groups (broad SMARTS) is 1. The van der Waals surface area contributed by atoms with E-state index in [1.54, 1.807) is 20.8 Å². The highest BCUT2D eigenvalue weighted by Crippen LogP contribution is 2.11. The molecule has 1 aromatic carbocycles. The minimum absolute atomic E-state index is 0.314. The molecular formula is C16H23NO5. The van der Waals surface area contributed by atoms with Crippen molar-refractivity contribution in [1.82, 2.24) is 5.32 Å². The van der Waals surface area contributed by atoms with Gasteiger partial charge in [-0.1, -0.05) is 30.3 Å². The second-order valence-corrected chi connectivity index (χ2v) is 6.11. The van der Waals surface area contributed by atoms with Crippen molar-refractivity contribution in [2.45, 2.75) is 51.4 Å². The molecule has 6 nitrogen and oxygen atoms in total. The zero-order valence-electron chi connectivity index (χ0n) is 13.1. The molecule has 1 aromatic rings. The Labute approximate surface area is 130 Å². The van der Waals surface area contributed by atoms with E-state index in [0.29, 0.717) is 6.42 Å². The molecule has 0 radical (unpaired) electrons. The number of aliphatic carboxylic acids is 1. The van der Waals surface area contributed by atoms with Crippen LogP contribution in [0.2, 0.25) is 0 Å². The fraction of sp³-hybridized carbons (Fsp3) is 0.500. The number of carbonyl (C=O) groups is 2. The van der Waals surface area contributed by atoms with Gasteiger partial charge in [-0.25, -0.2) is 4.79 Å². The number of carbonyl (C=O) groups excluding carboxylic acids is 1. The number of aliphatic hydroxyl groups excluding tert-OH is 1. The van der Waals surface area contributed by atoms with Gasteiger partial charge in [0.05, 0.1) is 18.6 Å². The highest BCUT2D eigenvalue weighted by Gasteiger charge is 2.26. The van der Waals surface area contributed by atoms with Gasteiger partial charge in [0.25, 0.3) is 0 Å². The van der Waals surface area contributed by atoms with Gasteiger partial charge in [0.1, 0.15) is 5.60 Å². The summed E-state index contributed by atoms with van der Waals surface area (Å²) in [5, 5.41) is 21.4. The third kappa shape index (κ3) is 7.08. The van der Waals surface area contributed by atoms with Gasteiger partial charge >= 0.3 is 12.1 Å². The quantitative estimate of drug-likeness (QED) is 0.746. The zero-order chi connectivity index (χ0) is 16.8. The standard InChI is InChI=1S/C16H23NO5/c1-16(2,3)22-15(21)17-12(13(18)10-14(19)20)9-11-7-5-4-6-8-11/h4-8,12-13,18H,9-10H2,1-3H3,(H,17,21)(H,19,20)/t12-,13+/m1/s1. The lowest BCUT2D eigenvalue weighted by Crippen LogP contribution is -2.47. The van der Waals surface area contributed by atoms with Gasteiger partial charge in [-0.3, -0.25) is 4.79 Å². The molecule has 22 heavy (non-hydrogen) atoms. The van der Waals surface area contributed by atoms with Crippen molar-refractivity contribution in [1.29, 1.82) is 0 Å². The van der Waals surface area contributed by atoms with E-state index in [0.717, 1.165) is 5.56 Å². The van der Waals surface area contributed by atoms with Gasteiger partial charge in [0.15, 0.2) is 0 Å². The number of carboxylic acids is 1. The van der Waals surface area contributed by atoms with Crippen LogP contribution in [0, 0.1) is 0 Å². The Balaban J connectivity index is 2.77. The summed E-state index contributed by atoms with van der Waals surface area (Å²) in [6, 6.07) is 8.47. The molecule has 0 saturated heterocycles. The summed E-state index contributed by atoms with van der Waals surface area (Å²) < 4.78 is 5.15. The predicted octanol–water partition coefficient (Wildman–Crippen LogP) is 1.96. The molecule has 0 heterocycles. The van der Waals surface area contributed by atoms with Crippen LogP contribution in [0.15, 0.2) is 30.3 Å². The molecule has 3 N–H and O–H groups in total. The first-order valence-electron chi connectivity index (χ1n) is 7.10. The Morgan fingerprint density at radius 2 is 1.82 bits per heavy atom. The maximum atomic E-state index is 11.9. The maximum absolute atomic E-state index is 11.9. The fourth-order valence-corrected chi connectivity index (χ4v) is 1.93. The van der Waals surface area contributed by atoms with E-state index in [2.05, 4.69) is 5.32 Å². The van der Waals surface area contributed by atoms with Crippen LogP contribution in [-0.4, -0.2) is 40.0 Å². The lowest BCUT2D eigenvalue weighted by atomic mass is 9.99. The van der Waals surface area contributed by atoms with Gasteiger partial charge in [-0.05, 0) is 32.8 Å². The molecule has 0 spiro atoms. The molecule has 0 bridgehead atoms. The highest BCUT2D eigenvalue weighted by molar-refractivity contribution is 5.69. The van der Waals surface area contributed by atoms with Crippen LogP contribution in [0.5, 0.6) is 0 Å². The molecule has 1 rings (SSSR count). The lowest BCUT2D eigenvalue weighted by molar-refractivity contribution is -0.139. The average Bonchev–Trinajstić information content (AvgIpc) is 2.36. The molecule has 0 aliphatic rings. The number of amides is 1. The first kappa shape index (κ1) is 18.0. The molecule has 0 aromatic heterocycles. The summed E-state index contributed by atoms with van der Waals surface area (Å²) in [6.07, 6.45) is -2.02. The van der Waals surface area contributed by atoms with E-state index in [4.69, 9.17) is 9.84 Å². The van der Waals surface area contributed by atoms with Crippen molar-refractivity contribution in [3.05, 3.63) is 35.9 Å². The SMILES string of the molecule is CC(C)(C)OC(=O)N[C@H](Cc1ccccc1)[C@@H](O)CC(=O)O. The number of aliphatic hydroxyl groups is 1. The van der Waals surface area contributed by atoms with Crippen molar-refractivity contribution in [3.63, 3.8) is 0 Å². The van der Waals surface area contributed by atoms with Crippen LogP contribution in [0.25, 0.3) is 0 Å². The van der Waals surface area contributed by atoms with E-state index < -0.39 is 36.2 Å². The summed E-state index contributed by atoms with van der Waals surface area (Å²) >= 11 is 0.